The molecule has 6 nitrogen and oxygen atoms in total. The summed E-state index contributed by atoms with van der Waals surface area (Å²) in [5.41, 5.74) is 1.24. The van der Waals surface area contributed by atoms with Crippen molar-refractivity contribution in [2.75, 3.05) is 39.5 Å². The van der Waals surface area contributed by atoms with Crippen LogP contribution >= 0.6 is 0 Å². The molecule has 0 radical (unpaired) electrons. The molecule has 2 rings (SSSR count). The van der Waals surface area contributed by atoms with Gasteiger partial charge in [-0.2, -0.15) is 0 Å². The van der Waals surface area contributed by atoms with Crippen LogP contribution in [0, 0.1) is 23.7 Å². The molecule has 0 spiro atoms. The number of hydrogen-bond acceptors (Lipinski definition) is 6. The lowest BCUT2D eigenvalue weighted by Crippen LogP contribution is -2.22. The Hall–Kier alpha value is -1.92. The zero-order chi connectivity index (χ0) is 43.9. The van der Waals surface area contributed by atoms with Crippen molar-refractivity contribution in [3.05, 3.63) is 35.9 Å². The summed E-state index contributed by atoms with van der Waals surface area (Å²) in [7, 11) is 0. The molecule has 1 heterocycles. The van der Waals surface area contributed by atoms with Crippen molar-refractivity contribution in [2.45, 2.75) is 240 Å². The Labute approximate surface area is 378 Å². The summed E-state index contributed by atoms with van der Waals surface area (Å²) in [6.07, 6.45) is 37.7. The smallest absolute Gasteiger partial charge is 0.308 e. The normalized spacial score (nSPS) is 16.5. The third kappa shape index (κ3) is 29.2. The first-order valence-electron chi connectivity index (χ1n) is 26.7. The van der Waals surface area contributed by atoms with Crippen molar-refractivity contribution >= 4 is 11.9 Å². The van der Waals surface area contributed by atoms with Gasteiger partial charge in [0.25, 0.3) is 0 Å². The van der Waals surface area contributed by atoms with E-state index in [-0.39, 0.29) is 23.8 Å². The molecular formula is C55H99NO5. The van der Waals surface area contributed by atoms with Crippen LogP contribution in [0.15, 0.2) is 30.3 Å². The van der Waals surface area contributed by atoms with E-state index in [0.717, 1.165) is 103 Å². The number of nitrogens with zero attached hydrogens (tertiary/aromatic N) is 1. The molecule has 1 aliphatic rings. The number of likely N-dealkylation sites (tertiary alicyclic amines) is 1. The molecular weight excluding hydrogens is 755 g/mol. The second-order valence-corrected chi connectivity index (χ2v) is 19.1. The van der Waals surface area contributed by atoms with E-state index in [1.807, 2.05) is 0 Å². The van der Waals surface area contributed by atoms with Crippen LogP contribution in [-0.4, -0.2) is 56.3 Å². The highest BCUT2D eigenvalue weighted by Crippen LogP contribution is 2.32. The maximum Gasteiger partial charge on any atom is 0.308 e. The Morgan fingerprint density at radius 1 is 0.492 bits per heavy atom. The number of esters is 2. The fraction of sp³-hybridized carbons (Fsp3) is 0.855. The van der Waals surface area contributed by atoms with E-state index in [1.54, 1.807) is 0 Å². The molecule has 1 aliphatic heterocycles. The first-order valence-corrected chi connectivity index (χ1v) is 26.7. The van der Waals surface area contributed by atoms with Gasteiger partial charge >= 0.3 is 11.9 Å². The highest BCUT2D eigenvalue weighted by molar-refractivity contribution is 5.72. The predicted molar refractivity (Wildman–Crippen MR) is 259 cm³/mol. The summed E-state index contributed by atoms with van der Waals surface area (Å²) in [4.78, 5) is 29.2. The highest BCUT2D eigenvalue weighted by Gasteiger charge is 2.31. The van der Waals surface area contributed by atoms with Gasteiger partial charge < -0.3 is 19.1 Å². The van der Waals surface area contributed by atoms with Gasteiger partial charge in [0, 0.05) is 19.7 Å². The number of carbonyl (C=O) groups is 2. The van der Waals surface area contributed by atoms with Crippen LogP contribution in [-0.2, 0) is 30.4 Å². The van der Waals surface area contributed by atoms with Gasteiger partial charge in [-0.15, -0.1) is 0 Å². The van der Waals surface area contributed by atoms with E-state index >= 15 is 0 Å². The SMILES string of the molecule is CCCCCCCCC(CCCCCC)C(=O)OCCCCC1CN(CCCCOCc2ccccc2)CC1CCCCOC(=O)C(CCCCCC)CCCCCCCC. The maximum absolute atomic E-state index is 13.3. The van der Waals surface area contributed by atoms with Crippen LogP contribution in [0.5, 0.6) is 0 Å². The van der Waals surface area contributed by atoms with Gasteiger partial charge in [0.2, 0.25) is 0 Å². The lowest BCUT2D eigenvalue weighted by Gasteiger charge is -2.19. The molecule has 0 N–H and O–H groups in total. The van der Waals surface area contributed by atoms with Crippen molar-refractivity contribution in [1.29, 1.82) is 0 Å². The molecule has 0 aromatic heterocycles. The molecule has 0 amide bonds. The number of benzene rings is 1. The molecule has 1 aromatic carbocycles. The van der Waals surface area contributed by atoms with E-state index in [9.17, 15) is 9.59 Å². The number of hydrogen-bond donors (Lipinski definition) is 0. The standard InChI is InChI=1S/C55H99NO5/c1-5-9-13-17-19-26-38-50(36-24-15-11-7-3)54(57)60-44-31-28-40-52-46-56(42-30-33-43-59-48-49-34-22-21-23-35-49)47-53(52)41-29-32-45-61-55(58)51(37-25-16-12-8-4)39-27-20-18-14-10-6-2/h21-23,34-35,50-53H,5-20,24-33,36-48H2,1-4H3. The number of unbranched alkanes of at least 4 members (excludes halogenated alkanes) is 19. The van der Waals surface area contributed by atoms with E-state index in [2.05, 4.69) is 62.9 Å². The second-order valence-electron chi connectivity index (χ2n) is 19.1. The quantitative estimate of drug-likeness (QED) is 0.0482. The molecule has 1 aromatic rings. The van der Waals surface area contributed by atoms with Crippen LogP contribution in [0.2, 0.25) is 0 Å². The maximum atomic E-state index is 13.3. The topological polar surface area (TPSA) is 65.1 Å². The van der Waals surface area contributed by atoms with Gasteiger partial charge in [0.05, 0.1) is 31.7 Å². The van der Waals surface area contributed by atoms with E-state index in [4.69, 9.17) is 14.2 Å². The van der Waals surface area contributed by atoms with Crippen LogP contribution in [0.3, 0.4) is 0 Å². The molecule has 4 atom stereocenters. The summed E-state index contributed by atoms with van der Waals surface area (Å²) in [5.74, 6) is 1.64. The average molecular weight is 854 g/mol. The molecule has 354 valence electrons. The van der Waals surface area contributed by atoms with Crippen LogP contribution in [0.4, 0.5) is 0 Å². The third-order valence-corrected chi connectivity index (χ3v) is 13.5. The Bertz CT molecular complexity index is 1070. The molecule has 0 saturated carbocycles. The van der Waals surface area contributed by atoms with Crippen LogP contribution < -0.4 is 0 Å². The van der Waals surface area contributed by atoms with Crippen molar-refractivity contribution in [3.63, 3.8) is 0 Å². The fourth-order valence-electron chi connectivity index (χ4n) is 9.51. The molecule has 0 bridgehead atoms. The first-order chi connectivity index (χ1) is 30.0. The van der Waals surface area contributed by atoms with Gasteiger partial charge in [-0.05, 0) is 101 Å². The van der Waals surface area contributed by atoms with Gasteiger partial charge in [0.1, 0.15) is 0 Å². The summed E-state index contributed by atoms with van der Waals surface area (Å²) >= 11 is 0. The molecule has 1 fully saturated rings. The molecule has 4 unspecified atom stereocenters. The third-order valence-electron chi connectivity index (χ3n) is 13.5. The summed E-state index contributed by atoms with van der Waals surface area (Å²) < 4.78 is 17.9. The highest BCUT2D eigenvalue weighted by atomic mass is 16.5. The minimum atomic E-state index is 0.0636. The summed E-state index contributed by atoms with van der Waals surface area (Å²) in [6.45, 7) is 15.1. The number of ether oxygens (including phenoxy) is 3. The van der Waals surface area contributed by atoms with E-state index < -0.39 is 0 Å². The Morgan fingerprint density at radius 2 is 0.885 bits per heavy atom. The minimum Gasteiger partial charge on any atom is -0.465 e. The first kappa shape index (κ1) is 55.2. The molecule has 61 heavy (non-hydrogen) atoms. The van der Waals surface area contributed by atoms with Gasteiger partial charge in [-0.3, -0.25) is 9.59 Å². The second kappa shape index (κ2) is 39.7. The van der Waals surface area contributed by atoms with E-state index in [0.29, 0.717) is 31.7 Å². The Morgan fingerprint density at radius 3 is 1.33 bits per heavy atom. The zero-order valence-corrected chi connectivity index (χ0v) is 40.8. The lowest BCUT2D eigenvalue weighted by atomic mass is 9.87. The lowest BCUT2D eigenvalue weighted by molar-refractivity contribution is -0.150. The minimum absolute atomic E-state index is 0.0636. The Balaban J connectivity index is 1.82. The zero-order valence-electron chi connectivity index (χ0n) is 40.8. The molecule has 6 heteroatoms. The van der Waals surface area contributed by atoms with Crippen LogP contribution in [0.1, 0.15) is 239 Å². The monoisotopic (exact) mass is 854 g/mol. The van der Waals surface area contributed by atoms with Crippen molar-refractivity contribution < 1.29 is 23.8 Å². The van der Waals surface area contributed by atoms with E-state index in [1.165, 1.54) is 134 Å². The average Bonchev–Trinajstić information content (AvgIpc) is 3.66. The summed E-state index contributed by atoms with van der Waals surface area (Å²) in [6, 6.07) is 10.5. The fourth-order valence-corrected chi connectivity index (χ4v) is 9.51. The Kier molecular flexibility index (Phi) is 35.9. The molecule has 1 saturated heterocycles. The van der Waals surface area contributed by atoms with Crippen molar-refractivity contribution in [1.82, 2.24) is 4.90 Å². The van der Waals surface area contributed by atoms with Gasteiger partial charge in [-0.25, -0.2) is 0 Å². The van der Waals surface area contributed by atoms with Crippen molar-refractivity contribution in [2.24, 2.45) is 23.7 Å². The van der Waals surface area contributed by atoms with Gasteiger partial charge in [-0.1, -0.05) is 186 Å². The summed E-state index contributed by atoms with van der Waals surface area (Å²) in [5, 5.41) is 0. The molecule has 0 aliphatic carbocycles. The van der Waals surface area contributed by atoms with Crippen LogP contribution in [0.25, 0.3) is 0 Å². The van der Waals surface area contributed by atoms with Gasteiger partial charge in [0.15, 0.2) is 0 Å². The predicted octanol–water partition coefficient (Wildman–Crippen LogP) is 15.6. The van der Waals surface area contributed by atoms with Crippen molar-refractivity contribution in [3.8, 4) is 0 Å². The number of rotatable bonds is 43. The number of carbonyl (C=O) groups excluding carboxylic acids is 2. The largest absolute Gasteiger partial charge is 0.465 e.